The molecule has 1 atom stereocenters. The van der Waals surface area contributed by atoms with Crippen molar-refractivity contribution in [2.75, 3.05) is 27.2 Å². The van der Waals surface area contributed by atoms with Gasteiger partial charge in [0.05, 0.1) is 24.7 Å². The fourth-order valence-corrected chi connectivity index (χ4v) is 4.29. The third-order valence-corrected chi connectivity index (χ3v) is 5.98. The maximum atomic E-state index is 15.2. The van der Waals surface area contributed by atoms with Crippen LogP contribution in [-0.4, -0.2) is 59.1 Å². The molecule has 3 heterocycles. The molecule has 0 bridgehead atoms. The van der Waals surface area contributed by atoms with Gasteiger partial charge in [0.15, 0.2) is 23.5 Å². The number of H-pyrrole nitrogens is 1. The van der Waals surface area contributed by atoms with Gasteiger partial charge in [0.2, 0.25) is 5.88 Å². The second kappa shape index (κ2) is 8.56. The molecule has 0 unspecified atom stereocenters. The average Bonchev–Trinajstić information content (AvgIpc) is 3.21. The minimum atomic E-state index is -3.12. The van der Waals surface area contributed by atoms with Crippen molar-refractivity contribution >= 4 is 21.8 Å². The van der Waals surface area contributed by atoms with Crippen molar-refractivity contribution in [2.45, 2.75) is 25.4 Å². The Balaban J connectivity index is 1.61. The van der Waals surface area contributed by atoms with E-state index < -0.39 is 36.0 Å². The van der Waals surface area contributed by atoms with E-state index in [1.165, 1.54) is 24.1 Å². The third kappa shape index (κ3) is 4.20. The van der Waals surface area contributed by atoms with Crippen LogP contribution < -0.4 is 14.2 Å². The van der Waals surface area contributed by atoms with Crippen LogP contribution in [0.2, 0.25) is 0 Å². The van der Waals surface area contributed by atoms with E-state index in [9.17, 15) is 13.2 Å². The lowest BCUT2D eigenvalue weighted by molar-refractivity contribution is -0.134. The van der Waals surface area contributed by atoms with Crippen molar-refractivity contribution in [3.8, 4) is 23.1 Å². The summed E-state index contributed by atoms with van der Waals surface area (Å²) in [6.07, 6.45) is -0.177. The highest BCUT2D eigenvalue weighted by Crippen LogP contribution is 2.41. The summed E-state index contributed by atoms with van der Waals surface area (Å²) in [6, 6.07) is 5.32. The molecule has 1 aliphatic heterocycles. The highest BCUT2D eigenvalue weighted by molar-refractivity contribution is 5.91. The number of ether oxygens (including phenoxy) is 3. The molecule has 0 amide bonds. The largest absolute Gasteiger partial charge is 0.497 e. The molecule has 5 rings (SSSR count). The van der Waals surface area contributed by atoms with Crippen LogP contribution in [0, 0.1) is 18.6 Å². The van der Waals surface area contributed by atoms with Gasteiger partial charge in [0.1, 0.15) is 23.2 Å². The second-order valence-electron chi connectivity index (χ2n) is 8.61. The van der Waals surface area contributed by atoms with Crippen molar-refractivity contribution in [1.29, 1.82) is 0 Å². The Morgan fingerprint density at radius 2 is 1.91 bits per heavy atom. The van der Waals surface area contributed by atoms with Gasteiger partial charge in [0.25, 0.3) is 5.92 Å². The highest BCUT2D eigenvalue weighted by atomic mass is 19.3. The first kappa shape index (κ1) is 23.2. The molecule has 4 aromatic rings. The summed E-state index contributed by atoms with van der Waals surface area (Å²) in [5.74, 6) is -4.92. The number of nitrogens with one attached hydrogen (secondary N) is 1. The van der Waals surface area contributed by atoms with Crippen LogP contribution in [0.25, 0.3) is 21.8 Å². The quantitative estimate of drug-likeness (QED) is 0.387. The molecule has 1 N–H and O–H groups in total. The predicted molar refractivity (Wildman–Crippen MR) is 121 cm³/mol. The number of methoxy groups -OCH3 is 1. The SMILES string of the molecule is COc1cc(O[C@H]2CCN(C)CC2(F)F)c2c(Oc3cc(F)c4[nH]c(C)cc4c3F)ncnc2c1. The average molecular weight is 490 g/mol. The number of aryl methyl sites for hydroxylation is 1. The van der Waals surface area contributed by atoms with Crippen molar-refractivity contribution in [3.05, 3.63) is 47.9 Å². The highest BCUT2D eigenvalue weighted by Gasteiger charge is 2.45. The molecule has 0 saturated carbocycles. The molecule has 1 aliphatic rings. The summed E-state index contributed by atoms with van der Waals surface area (Å²) < 4.78 is 76.0. The fraction of sp³-hybridized carbons (Fsp3) is 0.333. The maximum absolute atomic E-state index is 15.2. The Morgan fingerprint density at radius 3 is 2.66 bits per heavy atom. The van der Waals surface area contributed by atoms with Gasteiger partial charge >= 0.3 is 0 Å². The molecule has 35 heavy (non-hydrogen) atoms. The van der Waals surface area contributed by atoms with Crippen LogP contribution in [-0.2, 0) is 0 Å². The zero-order valence-electron chi connectivity index (χ0n) is 19.2. The molecule has 0 radical (unpaired) electrons. The number of hydrogen-bond acceptors (Lipinski definition) is 6. The Bertz CT molecular complexity index is 1430. The minimum absolute atomic E-state index is 0.0105. The molecule has 0 aliphatic carbocycles. The third-order valence-electron chi connectivity index (χ3n) is 5.98. The number of nitrogens with zero attached hydrogens (tertiary/aromatic N) is 3. The summed E-state index contributed by atoms with van der Waals surface area (Å²) in [7, 11) is 3.03. The van der Waals surface area contributed by atoms with Crippen LogP contribution in [0.3, 0.4) is 0 Å². The van der Waals surface area contributed by atoms with Crippen molar-refractivity contribution in [3.63, 3.8) is 0 Å². The lowest BCUT2D eigenvalue weighted by atomic mass is 10.0. The predicted octanol–water partition coefficient (Wildman–Crippen LogP) is 5.22. The first-order chi connectivity index (χ1) is 16.7. The standard InChI is InChI=1S/C24H22F4N4O3/c1-12-6-14-21(26)18(9-15(25)22(14)31-12)35-23-20-16(29-11-30-23)7-13(33-3)8-17(20)34-19-4-5-32(2)10-24(19,27)28/h6-9,11,19,31H,4-5,10H2,1-3H3/t19-/m0/s1. The van der Waals surface area contributed by atoms with Crippen LogP contribution in [0.1, 0.15) is 12.1 Å². The van der Waals surface area contributed by atoms with E-state index in [1.54, 1.807) is 20.0 Å². The van der Waals surface area contributed by atoms with Gasteiger partial charge in [-0.1, -0.05) is 0 Å². The summed E-state index contributed by atoms with van der Waals surface area (Å²) >= 11 is 0. The number of benzene rings is 2. The van der Waals surface area contributed by atoms with E-state index in [2.05, 4.69) is 15.0 Å². The van der Waals surface area contributed by atoms with Gasteiger partial charge in [0, 0.05) is 42.2 Å². The van der Waals surface area contributed by atoms with Gasteiger partial charge in [-0.2, -0.15) is 0 Å². The number of halogens is 4. The summed E-state index contributed by atoms with van der Waals surface area (Å²) in [5.41, 5.74) is 0.850. The Kier molecular flexibility index (Phi) is 5.66. The number of aromatic amines is 1. The van der Waals surface area contributed by atoms with Crippen molar-refractivity contribution in [2.24, 2.45) is 0 Å². The molecule has 7 nitrogen and oxygen atoms in total. The molecule has 2 aromatic carbocycles. The zero-order chi connectivity index (χ0) is 24.9. The van der Waals surface area contributed by atoms with Crippen LogP contribution in [0.5, 0.6) is 23.1 Å². The van der Waals surface area contributed by atoms with E-state index in [4.69, 9.17) is 14.2 Å². The number of piperidine rings is 1. The lowest BCUT2D eigenvalue weighted by Gasteiger charge is -2.36. The van der Waals surface area contributed by atoms with Crippen molar-refractivity contribution < 1.29 is 31.8 Å². The number of fused-ring (bicyclic) bond motifs is 2. The molecular formula is C24H22F4N4O3. The topological polar surface area (TPSA) is 72.5 Å². The van der Waals surface area contributed by atoms with Gasteiger partial charge in [-0.3, -0.25) is 0 Å². The van der Waals surface area contributed by atoms with E-state index >= 15 is 4.39 Å². The number of hydrogen-bond donors (Lipinski definition) is 1. The van der Waals surface area contributed by atoms with Gasteiger partial charge in [-0.25, -0.2) is 27.5 Å². The summed E-state index contributed by atoms with van der Waals surface area (Å²) in [6.45, 7) is 1.63. The number of likely N-dealkylation sites (tertiary alicyclic amines) is 1. The monoisotopic (exact) mass is 490 g/mol. The first-order valence-corrected chi connectivity index (χ1v) is 10.9. The molecule has 11 heteroatoms. The maximum Gasteiger partial charge on any atom is 0.296 e. The number of alkyl halides is 2. The van der Waals surface area contributed by atoms with Crippen molar-refractivity contribution in [1.82, 2.24) is 19.9 Å². The normalized spacial score (nSPS) is 18.2. The minimum Gasteiger partial charge on any atom is -0.497 e. The molecule has 184 valence electrons. The molecule has 1 fully saturated rings. The zero-order valence-corrected chi connectivity index (χ0v) is 19.2. The Hall–Kier alpha value is -3.60. The van der Waals surface area contributed by atoms with E-state index in [-0.39, 0.29) is 39.9 Å². The summed E-state index contributed by atoms with van der Waals surface area (Å²) in [4.78, 5) is 12.5. The van der Waals surface area contributed by atoms with E-state index in [0.29, 0.717) is 18.0 Å². The summed E-state index contributed by atoms with van der Waals surface area (Å²) in [5, 5.41) is 0.146. The Labute approximate surface area is 197 Å². The molecule has 0 spiro atoms. The Morgan fingerprint density at radius 1 is 1.11 bits per heavy atom. The lowest BCUT2D eigenvalue weighted by Crippen LogP contribution is -2.52. The van der Waals surface area contributed by atoms with E-state index in [0.717, 1.165) is 12.4 Å². The molecule has 1 saturated heterocycles. The van der Waals surface area contributed by atoms with Gasteiger partial charge in [-0.15, -0.1) is 0 Å². The fourth-order valence-electron chi connectivity index (χ4n) is 4.29. The second-order valence-corrected chi connectivity index (χ2v) is 8.61. The number of rotatable bonds is 5. The van der Waals surface area contributed by atoms with Gasteiger partial charge in [-0.05, 0) is 20.0 Å². The smallest absolute Gasteiger partial charge is 0.296 e. The van der Waals surface area contributed by atoms with Gasteiger partial charge < -0.3 is 24.1 Å². The molecular weight excluding hydrogens is 468 g/mol. The molecule has 2 aromatic heterocycles. The first-order valence-electron chi connectivity index (χ1n) is 10.9. The van der Waals surface area contributed by atoms with Crippen LogP contribution in [0.4, 0.5) is 17.6 Å². The number of aromatic nitrogens is 3. The van der Waals surface area contributed by atoms with Crippen LogP contribution in [0.15, 0.2) is 30.6 Å². The van der Waals surface area contributed by atoms with E-state index in [1.807, 2.05) is 0 Å². The van der Waals surface area contributed by atoms with Crippen LogP contribution >= 0.6 is 0 Å².